The topological polar surface area (TPSA) is 160 Å². The number of benzene rings is 2. The van der Waals surface area contributed by atoms with Gasteiger partial charge in [0.1, 0.15) is 18.5 Å². The summed E-state index contributed by atoms with van der Waals surface area (Å²) in [6.45, 7) is 1.21. The molecule has 0 unspecified atom stereocenters. The molecule has 232 valence electrons. The lowest BCUT2D eigenvalue weighted by Crippen LogP contribution is -2.40. The number of amides is 1. The van der Waals surface area contributed by atoms with Crippen molar-refractivity contribution in [2.24, 2.45) is 0 Å². The fourth-order valence-electron chi connectivity index (χ4n) is 3.31. The summed E-state index contributed by atoms with van der Waals surface area (Å²) in [6.07, 6.45) is 0.188. The molecule has 0 saturated carbocycles. The van der Waals surface area contributed by atoms with Crippen LogP contribution in [0.5, 0.6) is 11.5 Å². The number of hydrogen-bond acceptors (Lipinski definition) is 11. The van der Waals surface area contributed by atoms with Crippen LogP contribution < -0.4 is 9.47 Å². The summed E-state index contributed by atoms with van der Waals surface area (Å²) >= 11 is 18.2. The van der Waals surface area contributed by atoms with E-state index in [9.17, 15) is 31.2 Å². The van der Waals surface area contributed by atoms with Crippen molar-refractivity contribution in [3.63, 3.8) is 0 Å². The van der Waals surface area contributed by atoms with Gasteiger partial charge in [0.05, 0.1) is 38.6 Å². The van der Waals surface area contributed by atoms with Gasteiger partial charge in [0, 0.05) is 26.8 Å². The zero-order chi connectivity index (χ0) is 31.7. The second-order valence-electron chi connectivity index (χ2n) is 8.60. The van der Waals surface area contributed by atoms with Gasteiger partial charge in [-0.3, -0.25) is 14.4 Å². The van der Waals surface area contributed by atoms with E-state index >= 15 is 0 Å². The highest BCUT2D eigenvalue weighted by Crippen LogP contribution is 2.37. The normalized spacial score (nSPS) is 12.2. The lowest BCUT2D eigenvalue weighted by Gasteiger charge is -2.20. The third kappa shape index (κ3) is 10.5. The molecular weight excluding hydrogens is 661 g/mol. The third-order valence-electron chi connectivity index (χ3n) is 5.19. The molecule has 12 nitrogen and oxygen atoms in total. The number of ether oxygens (including phenoxy) is 4. The minimum absolute atomic E-state index is 0.00628. The van der Waals surface area contributed by atoms with E-state index in [1.807, 2.05) is 0 Å². The van der Waals surface area contributed by atoms with E-state index in [-0.39, 0.29) is 63.4 Å². The molecule has 0 aliphatic carbocycles. The molecule has 0 aromatic heterocycles. The van der Waals surface area contributed by atoms with Crippen LogP contribution in [-0.2, 0) is 43.7 Å². The Hall–Kier alpha value is -2.78. The van der Waals surface area contributed by atoms with Crippen LogP contribution in [0.25, 0.3) is 0 Å². The van der Waals surface area contributed by atoms with Crippen molar-refractivity contribution in [2.75, 3.05) is 38.5 Å². The second-order valence-corrected chi connectivity index (χ2v) is 13.6. The Morgan fingerprint density at radius 1 is 0.905 bits per heavy atom. The van der Waals surface area contributed by atoms with Gasteiger partial charge in [-0.1, -0.05) is 23.2 Å². The maximum atomic E-state index is 13.2. The predicted octanol–water partition coefficient (Wildman–Crippen LogP) is 3.50. The van der Waals surface area contributed by atoms with Crippen LogP contribution in [0.3, 0.4) is 0 Å². The molecule has 0 N–H and O–H groups in total. The first-order valence-corrected chi connectivity index (χ1v) is 16.6. The number of sulfonamides is 1. The molecule has 0 fully saturated rings. The van der Waals surface area contributed by atoms with Crippen molar-refractivity contribution in [1.82, 2.24) is 4.31 Å². The summed E-state index contributed by atoms with van der Waals surface area (Å²) in [5, 5.41) is -0.182. The van der Waals surface area contributed by atoms with E-state index < -0.39 is 50.4 Å². The Labute approximate surface area is 258 Å². The van der Waals surface area contributed by atoms with Crippen molar-refractivity contribution in [1.29, 1.82) is 0 Å². The molecule has 2 aromatic rings. The lowest BCUT2D eigenvalue weighted by molar-refractivity contribution is -0.148. The molecule has 0 aliphatic rings. The minimum atomic E-state index is -4.06. The van der Waals surface area contributed by atoms with Crippen molar-refractivity contribution in [3.05, 3.63) is 46.4 Å². The van der Waals surface area contributed by atoms with Gasteiger partial charge < -0.3 is 18.9 Å². The van der Waals surface area contributed by atoms with Gasteiger partial charge in [-0.15, -0.1) is 11.6 Å². The molecule has 0 radical (unpaired) electrons. The number of halogens is 3. The van der Waals surface area contributed by atoms with Crippen molar-refractivity contribution in [3.8, 4) is 11.5 Å². The van der Waals surface area contributed by atoms with Gasteiger partial charge in [0.2, 0.25) is 19.9 Å². The van der Waals surface area contributed by atoms with Gasteiger partial charge >= 0.3 is 11.9 Å². The van der Waals surface area contributed by atoms with Gasteiger partial charge in [0.15, 0.2) is 12.4 Å². The van der Waals surface area contributed by atoms with Crippen LogP contribution >= 0.6 is 34.8 Å². The first kappa shape index (κ1) is 35.4. The smallest absolute Gasteiger partial charge is 0.303 e. The van der Waals surface area contributed by atoms with Crippen LogP contribution in [0.1, 0.15) is 20.3 Å². The minimum Gasteiger partial charge on any atom is -0.494 e. The second kappa shape index (κ2) is 15.6. The van der Waals surface area contributed by atoms with Crippen LogP contribution in [0, 0.1) is 0 Å². The predicted molar refractivity (Wildman–Crippen MR) is 153 cm³/mol. The molecule has 1 atom stereocenters. The molecule has 0 bridgehead atoms. The third-order valence-corrected chi connectivity index (χ3v) is 9.03. The molecule has 0 heterocycles. The fraction of sp³-hybridized carbons (Fsp3) is 0.400. The monoisotopic (exact) mass is 687 g/mol. The summed E-state index contributed by atoms with van der Waals surface area (Å²) in [6, 6.07) is 7.73. The maximum Gasteiger partial charge on any atom is 0.303 e. The largest absolute Gasteiger partial charge is 0.494 e. The number of carbonyl (C=O) groups excluding carboxylic acids is 3. The zero-order valence-corrected chi connectivity index (χ0v) is 26.6. The van der Waals surface area contributed by atoms with Crippen molar-refractivity contribution >= 4 is 72.5 Å². The maximum absolute atomic E-state index is 13.2. The van der Waals surface area contributed by atoms with Gasteiger partial charge in [-0.05, 0) is 36.4 Å². The Bertz CT molecular complexity index is 1470. The highest BCUT2D eigenvalue weighted by molar-refractivity contribution is 7.91. The summed E-state index contributed by atoms with van der Waals surface area (Å²) in [5.74, 6) is -1.95. The standard InChI is InChI=1S/C25H28Cl3NO11S2/c1-16(30)38-15-24(32)29(41(3,33)34)9-4-10-37-18-5-7-20(8-6-18)42(35,36)21-11-22(27)25(23(28)12-21)39-14-19(13-26)40-17(2)31/h5-8,11-12,19H,4,9-10,13-15H2,1-3H3/t19-/m1/s1. The van der Waals surface area contributed by atoms with Gasteiger partial charge in [-0.25, -0.2) is 21.1 Å². The number of sulfone groups is 1. The molecule has 0 saturated heterocycles. The highest BCUT2D eigenvalue weighted by Gasteiger charge is 2.24. The number of nitrogens with zero attached hydrogens (tertiary/aromatic N) is 1. The highest BCUT2D eigenvalue weighted by atomic mass is 35.5. The number of rotatable bonds is 15. The summed E-state index contributed by atoms with van der Waals surface area (Å²) in [4.78, 5) is 33.8. The number of esters is 2. The summed E-state index contributed by atoms with van der Waals surface area (Å²) < 4.78 is 71.4. The van der Waals surface area contributed by atoms with E-state index in [4.69, 9.17) is 49.0 Å². The summed E-state index contributed by atoms with van der Waals surface area (Å²) in [5.41, 5.74) is 0. The molecule has 2 aromatic carbocycles. The molecular formula is C25H28Cl3NO11S2. The number of hydrogen-bond donors (Lipinski definition) is 0. The molecule has 0 spiro atoms. The molecule has 2 rings (SSSR count). The molecule has 0 aliphatic heterocycles. The molecule has 42 heavy (non-hydrogen) atoms. The Morgan fingerprint density at radius 3 is 2.00 bits per heavy atom. The van der Waals surface area contributed by atoms with Crippen LogP contribution in [0.4, 0.5) is 0 Å². The zero-order valence-electron chi connectivity index (χ0n) is 22.7. The first-order valence-electron chi connectivity index (χ1n) is 12.0. The van der Waals surface area contributed by atoms with E-state index in [1.54, 1.807) is 0 Å². The Kier molecular flexibility index (Phi) is 13.2. The van der Waals surface area contributed by atoms with Crippen LogP contribution in [0.15, 0.2) is 46.2 Å². The molecule has 1 amide bonds. The first-order chi connectivity index (χ1) is 19.6. The Balaban J connectivity index is 2.05. The molecule has 17 heteroatoms. The average molecular weight is 689 g/mol. The van der Waals surface area contributed by atoms with E-state index in [0.29, 0.717) is 4.31 Å². The number of carbonyl (C=O) groups is 3. The quantitative estimate of drug-likeness (QED) is 0.153. The number of alkyl halides is 1. The Morgan fingerprint density at radius 2 is 1.50 bits per heavy atom. The van der Waals surface area contributed by atoms with E-state index in [0.717, 1.165) is 13.2 Å². The lowest BCUT2D eigenvalue weighted by atomic mass is 10.3. The van der Waals surface area contributed by atoms with Crippen LogP contribution in [0.2, 0.25) is 10.0 Å². The fourth-order valence-corrected chi connectivity index (χ4v) is 6.38. The van der Waals surface area contributed by atoms with E-state index in [2.05, 4.69) is 4.74 Å². The SMILES string of the molecule is CC(=O)OCC(=O)N(CCCOc1ccc(S(=O)(=O)c2cc(Cl)c(OC[C@@H](CCl)OC(C)=O)c(Cl)c2)cc1)S(C)(=O)=O. The van der Waals surface area contributed by atoms with Crippen molar-refractivity contribution in [2.45, 2.75) is 36.2 Å². The van der Waals surface area contributed by atoms with E-state index in [1.165, 1.54) is 43.3 Å². The van der Waals surface area contributed by atoms with Crippen molar-refractivity contribution < 1.29 is 50.2 Å². The van der Waals surface area contributed by atoms with Crippen LogP contribution in [-0.4, -0.2) is 83.6 Å². The summed E-state index contributed by atoms with van der Waals surface area (Å²) in [7, 11) is -7.97. The average Bonchev–Trinajstić information content (AvgIpc) is 2.89. The van der Waals surface area contributed by atoms with Gasteiger partial charge in [-0.2, -0.15) is 0 Å². The van der Waals surface area contributed by atoms with Gasteiger partial charge in [0.25, 0.3) is 5.91 Å².